The van der Waals surface area contributed by atoms with E-state index in [9.17, 15) is 4.79 Å². The van der Waals surface area contributed by atoms with Crippen LogP contribution in [0.1, 0.15) is 48.2 Å². The molecule has 0 radical (unpaired) electrons. The van der Waals surface area contributed by atoms with Crippen molar-refractivity contribution in [2.24, 2.45) is 0 Å². The van der Waals surface area contributed by atoms with Crippen LogP contribution in [0.4, 0.5) is 5.82 Å². The summed E-state index contributed by atoms with van der Waals surface area (Å²) in [5, 5.41) is 7.66. The van der Waals surface area contributed by atoms with Crippen LogP contribution in [-0.4, -0.2) is 20.7 Å². The molecule has 3 aromatic rings. The van der Waals surface area contributed by atoms with Crippen molar-refractivity contribution in [3.8, 4) is 5.75 Å². The molecule has 144 valence electrons. The van der Waals surface area contributed by atoms with E-state index < -0.39 is 0 Å². The van der Waals surface area contributed by atoms with E-state index in [4.69, 9.17) is 4.74 Å². The second kappa shape index (κ2) is 7.84. The first kappa shape index (κ1) is 18.2. The fourth-order valence-electron chi connectivity index (χ4n) is 3.71. The number of rotatable bonds is 6. The monoisotopic (exact) mass is 376 g/mol. The molecule has 2 aromatic heterocycles. The number of aromatic nitrogens is 3. The van der Waals surface area contributed by atoms with E-state index in [-0.39, 0.29) is 11.8 Å². The molecule has 28 heavy (non-hydrogen) atoms. The zero-order chi connectivity index (χ0) is 19.5. The van der Waals surface area contributed by atoms with E-state index in [0.717, 1.165) is 47.0 Å². The van der Waals surface area contributed by atoms with Gasteiger partial charge in [-0.2, -0.15) is 5.10 Å². The molecule has 1 atom stereocenters. The van der Waals surface area contributed by atoms with E-state index in [1.165, 1.54) is 0 Å². The number of ether oxygens (including phenoxy) is 1. The summed E-state index contributed by atoms with van der Waals surface area (Å²) < 4.78 is 7.74. The maximum absolute atomic E-state index is 12.3. The molecule has 0 aliphatic carbocycles. The minimum Gasteiger partial charge on any atom is -0.487 e. The molecule has 4 rings (SSSR count). The predicted molar refractivity (Wildman–Crippen MR) is 107 cm³/mol. The summed E-state index contributed by atoms with van der Waals surface area (Å²) in [6, 6.07) is 13.8. The van der Waals surface area contributed by atoms with E-state index in [1.54, 1.807) is 6.20 Å². The van der Waals surface area contributed by atoms with Crippen molar-refractivity contribution < 1.29 is 9.53 Å². The maximum atomic E-state index is 12.3. The minimum absolute atomic E-state index is 0.0131. The Balaban J connectivity index is 1.55. The third kappa shape index (κ3) is 3.63. The number of carbonyl (C=O) groups excluding carboxylic acids is 1. The van der Waals surface area contributed by atoms with Crippen molar-refractivity contribution in [1.82, 2.24) is 14.8 Å². The molecule has 6 nitrogen and oxygen atoms in total. The molecule has 6 heteroatoms. The lowest BCUT2D eigenvalue weighted by atomic mass is 9.86. The smallest absolute Gasteiger partial charge is 0.226 e. The standard InChI is InChI=1S/C22H24N4O2/c1-3-12-26-22-21(15(2)25-26)19(13-20(27)24-22)16-7-9-18(10-8-16)28-14-17-6-4-5-11-23-17/h4-11,19H,3,12-14H2,1-2H3,(H,24,27). The molecular weight excluding hydrogens is 352 g/mol. The number of hydrogen-bond acceptors (Lipinski definition) is 4. The summed E-state index contributed by atoms with van der Waals surface area (Å²) in [5.74, 6) is 1.67. The summed E-state index contributed by atoms with van der Waals surface area (Å²) in [4.78, 5) is 16.6. The van der Waals surface area contributed by atoms with Gasteiger partial charge >= 0.3 is 0 Å². The number of benzene rings is 1. The number of amides is 1. The molecule has 1 N–H and O–H groups in total. The van der Waals surface area contributed by atoms with Crippen molar-refractivity contribution in [1.29, 1.82) is 0 Å². The van der Waals surface area contributed by atoms with Gasteiger partial charge in [-0.3, -0.25) is 9.78 Å². The fourth-order valence-corrected chi connectivity index (χ4v) is 3.71. The van der Waals surface area contributed by atoms with E-state index in [2.05, 4.69) is 22.3 Å². The molecule has 0 fully saturated rings. The summed E-state index contributed by atoms with van der Waals surface area (Å²) in [7, 11) is 0. The molecule has 1 unspecified atom stereocenters. The van der Waals surface area contributed by atoms with Gasteiger partial charge in [0.15, 0.2) is 0 Å². The molecule has 0 saturated carbocycles. The molecule has 1 aliphatic rings. The Morgan fingerprint density at radius 2 is 2.04 bits per heavy atom. The van der Waals surface area contributed by atoms with Crippen LogP contribution in [0.3, 0.4) is 0 Å². The topological polar surface area (TPSA) is 69.0 Å². The van der Waals surface area contributed by atoms with E-state index in [0.29, 0.717) is 13.0 Å². The van der Waals surface area contributed by atoms with Gasteiger partial charge in [-0.05, 0) is 43.2 Å². The number of aryl methyl sites for hydroxylation is 2. The second-order valence-corrected chi connectivity index (χ2v) is 7.05. The first-order chi connectivity index (χ1) is 13.7. The highest BCUT2D eigenvalue weighted by Crippen LogP contribution is 2.39. The first-order valence-electron chi connectivity index (χ1n) is 9.65. The normalized spacial score (nSPS) is 15.8. The highest BCUT2D eigenvalue weighted by atomic mass is 16.5. The van der Waals surface area contributed by atoms with Gasteiger partial charge in [-0.1, -0.05) is 25.1 Å². The van der Waals surface area contributed by atoms with Crippen LogP contribution < -0.4 is 10.1 Å². The van der Waals surface area contributed by atoms with Gasteiger partial charge < -0.3 is 10.1 Å². The van der Waals surface area contributed by atoms with E-state index in [1.807, 2.05) is 54.1 Å². The number of anilines is 1. The van der Waals surface area contributed by atoms with Crippen LogP contribution in [0.15, 0.2) is 48.7 Å². The third-order valence-electron chi connectivity index (χ3n) is 5.00. The zero-order valence-corrected chi connectivity index (χ0v) is 16.2. The van der Waals surface area contributed by atoms with Gasteiger partial charge in [0.25, 0.3) is 0 Å². The molecule has 3 heterocycles. The first-order valence-corrected chi connectivity index (χ1v) is 9.65. The molecule has 1 aromatic carbocycles. The molecule has 0 saturated heterocycles. The average Bonchev–Trinajstić information content (AvgIpc) is 3.02. The Labute approximate surface area is 164 Å². The Kier molecular flexibility index (Phi) is 5.10. The number of hydrogen-bond donors (Lipinski definition) is 1. The fraction of sp³-hybridized carbons (Fsp3) is 0.318. The second-order valence-electron chi connectivity index (χ2n) is 7.05. The Hall–Kier alpha value is -3.15. The van der Waals surface area contributed by atoms with Crippen molar-refractivity contribution in [2.45, 2.75) is 45.8 Å². The highest BCUT2D eigenvalue weighted by Gasteiger charge is 2.32. The van der Waals surface area contributed by atoms with Crippen LogP contribution in [0.5, 0.6) is 5.75 Å². The number of fused-ring (bicyclic) bond motifs is 1. The average molecular weight is 376 g/mol. The van der Waals surface area contributed by atoms with Crippen molar-refractivity contribution in [3.05, 3.63) is 71.2 Å². The Morgan fingerprint density at radius 3 is 2.75 bits per heavy atom. The summed E-state index contributed by atoms with van der Waals surface area (Å²) >= 11 is 0. The van der Waals surface area contributed by atoms with E-state index >= 15 is 0 Å². The van der Waals surface area contributed by atoms with Crippen molar-refractivity contribution >= 4 is 11.7 Å². The van der Waals surface area contributed by atoms with Crippen LogP contribution in [0.25, 0.3) is 0 Å². The van der Waals surface area contributed by atoms with Gasteiger partial charge in [0.2, 0.25) is 5.91 Å². The lowest BCUT2D eigenvalue weighted by Crippen LogP contribution is -2.25. The van der Waals surface area contributed by atoms with Crippen LogP contribution in [0, 0.1) is 6.92 Å². The Bertz CT molecular complexity index is 964. The van der Waals surface area contributed by atoms with Gasteiger partial charge in [-0.15, -0.1) is 0 Å². The lowest BCUT2D eigenvalue weighted by molar-refractivity contribution is -0.116. The highest BCUT2D eigenvalue weighted by molar-refractivity contribution is 5.94. The summed E-state index contributed by atoms with van der Waals surface area (Å²) in [6.07, 6.45) is 3.16. The maximum Gasteiger partial charge on any atom is 0.226 e. The van der Waals surface area contributed by atoms with Gasteiger partial charge in [0, 0.05) is 30.6 Å². The van der Waals surface area contributed by atoms with Crippen LogP contribution >= 0.6 is 0 Å². The molecule has 1 aliphatic heterocycles. The van der Waals surface area contributed by atoms with Crippen molar-refractivity contribution in [3.63, 3.8) is 0 Å². The zero-order valence-electron chi connectivity index (χ0n) is 16.2. The van der Waals surface area contributed by atoms with Crippen LogP contribution in [0.2, 0.25) is 0 Å². The number of nitrogens with zero attached hydrogens (tertiary/aromatic N) is 3. The van der Waals surface area contributed by atoms with Gasteiger partial charge in [-0.25, -0.2) is 4.68 Å². The van der Waals surface area contributed by atoms with Gasteiger partial charge in [0.1, 0.15) is 18.2 Å². The third-order valence-corrected chi connectivity index (χ3v) is 5.00. The van der Waals surface area contributed by atoms with Crippen molar-refractivity contribution in [2.75, 3.05) is 5.32 Å². The lowest BCUT2D eigenvalue weighted by Gasteiger charge is -2.24. The Morgan fingerprint density at radius 1 is 1.21 bits per heavy atom. The number of nitrogens with one attached hydrogen (secondary N) is 1. The quantitative estimate of drug-likeness (QED) is 0.705. The molecule has 0 bridgehead atoms. The number of carbonyl (C=O) groups is 1. The minimum atomic E-state index is 0.0131. The largest absolute Gasteiger partial charge is 0.487 e. The SMILES string of the molecule is CCCn1nc(C)c2c1NC(=O)CC2c1ccc(OCc2ccccn2)cc1. The summed E-state index contributed by atoms with van der Waals surface area (Å²) in [6.45, 7) is 5.34. The van der Waals surface area contributed by atoms with Gasteiger partial charge in [0.05, 0.1) is 11.4 Å². The number of pyridine rings is 1. The van der Waals surface area contributed by atoms with Crippen LogP contribution in [-0.2, 0) is 17.9 Å². The molecule has 0 spiro atoms. The predicted octanol–water partition coefficient (Wildman–Crippen LogP) is 4.05. The molecular formula is C22H24N4O2. The molecule has 1 amide bonds. The summed E-state index contributed by atoms with van der Waals surface area (Å²) in [5.41, 5.74) is 4.08.